The first-order valence-electron chi connectivity index (χ1n) is 5.27. The molecule has 0 unspecified atom stereocenters. The molecule has 2 nitrogen and oxygen atoms in total. The molecule has 1 aromatic rings. The summed E-state index contributed by atoms with van der Waals surface area (Å²) >= 11 is 5.16. The molecule has 4 heteroatoms. The predicted molar refractivity (Wildman–Crippen MR) is 66.1 cm³/mol. The van der Waals surface area contributed by atoms with Crippen molar-refractivity contribution in [2.75, 3.05) is 6.54 Å². The number of hydrogen-bond acceptors (Lipinski definition) is 2. The first-order valence-corrected chi connectivity index (χ1v) is 6.88. The van der Waals surface area contributed by atoms with E-state index in [4.69, 9.17) is 0 Å². The second-order valence-corrected chi connectivity index (χ2v) is 6.42. The molecule has 1 fully saturated rings. The molecule has 1 aliphatic carbocycles. The van der Waals surface area contributed by atoms with Gasteiger partial charge in [0.05, 0.1) is 3.79 Å². The molecule has 0 bridgehead atoms. The summed E-state index contributed by atoms with van der Waals surface area (Å²) in [7, 11) is 0. The Morgan fingerprint density at radius 2 is 2.33 bits per heavy atom. The smallest absolute Gasteiger partial charge is 0.223 e. The summed E-state index contributed by atoms with van der Waals surface area (Å²) in [5.74, 6) is 0.553. The summed E-state index contributed by atoms with van der Waals surface area (Å²) in [4.78, 5) is 12.8. The van der Waals surface area contributed by atoms with Gasteiger partial charge in [-0.1, -0.05) is 6.42 Å². The van der Waals surface area contributed by atoms with Crippen LogP contribution in [0.15, 0.2) is 15.9 Å². The lowest BCUT2D eigenvalue weighted by atomic mass is 9.85. The molecule has 1 aliphatic rings. The number of thiophene rings is 1. The van der Waals surface area contributed by atoms with Crippen LogP contribution in [0.2, 0.25) is 0 Å². The van der Waals surface area contributed by atoms with Gasteiger partial charge >= 0.3 is 0 Å². The fourth-order valence-electron chi connectivity index (χ4n) is 1.61. The lowest BCUT2D eigenvalue weighted by molar-refractivity contribution is -0.127. The van der Waals surface area contributed by atoms with E-state index in [0.29, 0.717) is 5.92 Å². The van der Waals surface area contributed by atoms with Crippen LogP contribution in [0.1, 0.15) is 24.1 Å². The lowest BCUT2D eigenvalue weighted by Crippen LogP contribution is -2.35. The monoisotopic (exact) mass is 287 g/mol. The summed E-state index contributed by atoms with van der Waals surface area (Å²) in [6.45, 7) is 0.766. The van der Waals surface area contributed by atoms with E-state index >= 15 is 0 Å². The van der Waals surface area contributed by atoms with Gasteiger partial charge in [-0.05, 0) is 47.3 Å². The Kier molecular flexibility index (Phi) is 3.81. The third kappa shape index (κ3) is 3.05. The van der Waals surface area contributed by atoms with E-state index in [9.17, 15) is 4.79 Å². The van der Waals surface area contributed by atoms with Crippen molar-refractivity contribution in [3.63, 3.8) is 0 Å². The van der Waals surface area contributed by atoms with E-state index in [0.717, 1.165) is 29.6 Å². The molecule has 1 N–H and O–H groups in total. The number of rotatable bonds is 4. The van der Waals surface area contributed by atoms with Gasteiger partial charge in [-0.25, -0.2) is 0 Å². The second-order valence-electron chi connectivity index (χ2n) is 3.87. The van der Waals surface area contributed by atoms with Gasteiger partial charge in [-0.2, -0.15) is 0 Å². The topological polar surface area (TPSA) is 29.1 Å². The molecule has 0 radical (unpaired) electrons. The summed E-state index contributed by atoms with van der Waals surface area (Å²) < 4.78 is 1.16. The van der Waals surface area contributed by atoms with Crippen molar-refractivity contribution < 1.29 is 4.79 Å². The molecule has 0 aromatic carbocycles. The average Bonchev–Trinajstić information content (AvgIpc) is 2.48. The Bertz CT molecular complexity index is 346. The van der Waals surface area contributed by atoms with Crippen molar-refractivity contribution in [2.24, 2.45) is 5.92 Å². The molecular weight excluding hydrogens is 274 g/mol. The van der Waals surface area contributed by atoms with E-state index in [1.807, 2.05) is 6.07 Å². The second kappa shape index (κ2) is 5.12. The first kappa shape index (κ1) is 11.1. The Morgan fingerprint density at radius 1 is 1.53 bits per heavy atom. The molecule has 0 atom stereocenters. The molecule has 0 aliphatic heterocycles. The molecular formula is C11H14BrNOS. The number of carbonyl (C=O) groups is 1. The summed E-state index contributed by atoms with van der Waals surface area (Å²) in [6, 6.07) is 4.15. The SMILES string of the molecule is O=C(NCCc1ccc(Br)s1)C1CCC1. The van der Waals surface area contributed by atoms with Crippen LogP contribution in [-0.4, -0.2) is 12.5 Å². The maximum absolute atomic E-state index is 11.5. The number of carbonyl (C=O) groups excluding carboxylic acids is 1. The maximum atomic E-state index is 11.5. The molecule has 1 aromatic heterocycles. The summed E-state index contributed by atoms with van der Waals surface area (Å²) in [5.41, 5.74) is 0. The quantitative estimate of drug-likeness (QED) is 0.906. The minimum atomic E-state index is 0.247. The van der Waals surface area contributed by atoms with Crippen molar-refractivity contribution in [3.05, 3.63) is 20.8 Å². The standard InChI is InChI=1S/C11H14BrNOS/c12-10-5-4-9(15-10)6-7-13-11(14)8-2-1-3-8/h4-5,8H,1-3,6-7H2,(H,13,14). The molecule has 0 spiro atoms. The fourth-order valence-corrected chi connectivity index (χ4v) is 3.09. The van der Waals surface area contributed by atoms with Gasteiger partial charge in [-0.15, -0.1) is 11.3 Å². The van der Waals surface area contributed by atoms with Crippen LogP contribution < -0.4 is 5.32 Å². The number of hydrogen-bond donors (Lipinski definition) is 1. The number of amides is 1. The van der Waals surface area contributed by atoms with Crippen LogP contribution in [0, 0.1) is 5.92 Å². The van der Waals surface area contributed by atoms with Crippen LogP contribution in [0.25, 0.3) is 0 Å². The van der Waals surface area contributed by atoms with Crippen molar-refractivity contribution in [2.45, 2.75) is 25.7 Å². The van der Waals surface area contributed by atoms with Crippen molar-refractivity contribution in [3.8, 4) is 0 Å². The molecule has 1 saturated carbocycles. The number of halogens is 1. The van der Waals surface area contributed by atoms with Crippen LogP contribution in [0.5, 0.6) is 0 Å². The van der Waals surface area contributed by atoms with Crippen LogP contribution in [0.3, 0.4) is 0 Å². The Morgan fingerprint density at radius 3 is 2.87 bits per heavy atom. The molecule has 82 valence electrons. The maximum Gasteiger partial charge on any atom is 0.223 e. The average molecular weight is 288 g/mol. The molecule has 1 heterocycles. The summed E-state index contributed by atoms with van der Waals surface area (Å²) in [6.07, 6.45) is 4.32. The highest BCUT2D eigenvalue weighted by Crippen LogP contribution is 2.26. The fraction of sp³-hybridized carbons (Fsp3) is 0.545. The van der Waals surface area contributed by atoms with Crippen LogP contribution in [0.4, 0.5) is 0 Å². The third-order valence-corrected chi connectivity index (χ3v) is 4.46. The third-order valence-electron chi connectivity index (χ3n) is 2.78. The molecule has 1 amide bonds. The minimum absolute atomic E-state index is 0.247. The minimum Gasteiger partial charge on any atom is -0.356 e. The molecule has 0 saturated heterocycles. The van der Waals surface area contributed by atoms with Gasteiger partial charge in [0.25, 0.3) is 0 Å². The van der Waals surface area contributed by atoms with Crippen LogP contribution in [-0.2, 0) is 11.2 Å². The van der Waals surface area contributed by atoms with Gasteiger partial charge < -0.3 is 5.32 Å². The Hall–Kier alpha value is -0.350. The van der Waals surface area contributed by atoms with Gasteiger partial charge in [0.15, 0.2) is 0 Å². The van der Waals surface area contributed by atoms with E-state index in [2.05, 4.69) is 27.3 Å². The lowest BCUT2D eigenvalue weighted by Gasteiger charge is -2.23. The van der Waals surface area contributed by atoms with E-state index in [1.165, 1.54) is 11.3 Å². The predicted octanol–water partition coefficient (Wildman–Crippen LogP) is 2.97. The Balaban J connectivity index is 1.68. The zero-order valence-electron chi connectivity index (χ0n) is 8.46. The zero-order chi connectivity index (χ0) is 10.7. The van der Waals surface area contributed by atoms with Gasteiger partial charge in [0.2, 0.25) is 5.91 Å². The van der Waals surface area contributed by atoms with Gasteiger partial charge in [-0.3, -0.25) is 4.79 Å². The highest BCUT2D eigenvalue weighted by Gasteiger charge is 2.24. The first-order chi connectivity index (χ1) is 7.25. The molecule has 15 heavy (non-hydrogen) atoms. The van der Waals surface area contributed by atoms with Gasteiger partial charge in [0, 0.05) is 17.3 Å². The summed E-state index contributed by atoms with van der Waals surface area (Å²) in [5, 5.41) is 2.99. The normalized spacial score (nSPS) is 16.1. The van der Waals surface area contributed by atoms with Crippen LogP contribution >= 0.6 is 27.3 Å². The number of nitrogens with one attached hydrogen (secondary N) is 1. The van der Waals surface area contributed by atoms with Crippen molar-refractivity contribution in [1.82, 2.24) is 5.32 Å². The van der Waals surface area contributed by atoms with E-state index < -0.39 is 0 Å². The highest BCUT2D eigenvalue weighted by atomic mass is 79.9. The highest BCUT2D eigenvalue weighted by molar-refractivity contribution is 9.11. The Labute approximate surface area is 102 Å². The van der Waals surface area contributed by atoms with Gasteiger partial charge in [0.1, 0.15) is 0 Å². The zero-order valence-corrected chi connectivity index (χ0v) is 10.9. The van der Waals surface area contributed by atoms with E-state index in [-0.39, 0.29) is 5.91 Å². The van der Waals surface area contributed by atoms with Crippen molar-refractivity contribution >= 4 is 33.2 Å². The largest absolute Gasteiger partial charge is 0.356 e. The van der Waals surface area contributed by atoms with E-state index in [1.54, 1.807) is 11.3 Å². The molecule has 2 rings (SSSR count). The van der Waals surface area contributed by atoms with Crippen molar-refractivity contribution in [1.29, 1.82) is 0 Å².